The normalized spacial score (nSPS) is 16.9. The van der Waals surface area contributed by atoms with Gasteiger partial charge in [-0.05, 0) is 76.6 Å². The first-order valence-corrected chi connectivity index (χ1v) is 12.8. The Morgan fingerprint density at radius 1 is 1.11 bits per heavy atom. The van der Waals surface area contributed by atoms with Crippen LogP contribution in [0, 0.1) is 0 Å². The number of nitrogens with zero attached hydrogens (tertiary/aromatic N) is 2. The van der Waals surface area contributed by atoms with Crippen LogP contribution in [0.15, 0.2) is 53.0 Å². The SMILES string of the molecule is CC1(C)CC(N(C(=O)O)C(C)(C)C)c2cc(-c3ccc(Cl)cc3)c(-c3cc(Br)ccc3Cl)nc2O1. The zero-order valence-electron chi connectivity index (χ0n) is 20.2. The number of halogens is 3. The van der Waals surface area contributed by atoms with Crippen molar-refractivity contribution in [3.05, 3.63) is 68.6 Å². The lowest BCUT2D eigenvalue weighted by Gasteiger charge is -2.46. The molecule has 5 nitrogen and oxygen atoms in total. The average molecular weight is 578 g/mol. The maximum absolute atomic E-state index is 12.5. The molecule has 2 heterocycles. The highest BCUT2D eigenvalue weighted by atomic mass is 79.9. The third-order valence-electron chi connectivity index (χ3n) is 6.01. The second-order valence-electron chi connectivity index (χ2n) is 10.3. The van der Waals surface area contributed by atoms with E-state index in [2.05, 4.69) is 15.9 Å². The zero-order chi connectivity index (χ0) is 25.7. The van der Waals surface area contributed by atoms with Gasteiger partial charge in [0.15, 0.2) is 0 Å². The van der Waals surface area contributed by atoms with Gasteiger partial charge in [-0.15, -0.1) is 0 Å². The number of hydrogen-bond donors (Lipinski definition) is 1. The first-order chi connectivity index (χ1) is 16.3. The predicted octanol–water partition coefficient (Wildman–Crippen LogP) is 8.87. The molecule has 0 radical (unpaired) electrons. The smallest absolute Gasteiger partial charge is 0.408 e. The van der Waals surface area contributed by atoms with E-state index in [1.54, 1.807) is 0 Å². The summed E-state index contributed by atoms with van der Waals surface area (Å²) in [4.78, 5) is 18.9. The Hall–Kier alpha value is -2.28. The van der Waals surface area contributed by atoms with E-state index >= 15 is 0 Å². The summed E-state index contributed by atoms with van der Waals surface area (Å²) in [7, 11) is 0. The van der Waals surface area contributed by atoms with Crippen LogP contribution in [0.1, 0.15) is 52.6 Å². The Morgan fingerprint density at radius 2 is 1.77 bits per heavy atom. The third kappa shape index (κ3) is 5.30. The van der Waals surface area contributed by atoms with Gasteiger partial charge in [0, 0.05) is 38.1 Å². The Bertz CT molecular complexity index is 1290. The first kappa shape index (κ1) is 25.8. The van der Waals surface area contributed by atoms with Crippen LogP contribution in [-0.2, 0) is 0 Å². The summed E-state index contributed by atoms with van der Waals surface area (Å²) in [6, 6.07) is 14.6. The topological polar surface area (TPSA) is 62.7 Å². The van der Waals surface area contributed by atoms with Gasteiger partial charge in [0.2, 0.25) is 5.88 Å². The maximum atomic E-state index is 12.5. The molecule has 1 amide bonds. The summed E-state index contributed by atoms with van der Waals surface area (Å²) in [5.74, 6) is 0.408. The lowest BCUT2D eigenvalue weighted by molar-refractivity contribution is 0.00156. The summed E-state index contributed by atoms with van der Waals surface area (Å²) in [5, 5.41) is 11.4. The molecule has 0 bridgehead atoms. The van der Waals surface area contributed by atoms with Crippen LogP contribution in [-0.4, -0.2) is 32.2 Å². The lowest BCUT2D eigenvalue weighted by Crippen LogP contribution is -2.51. The molecule has 3 aromatic rings. The van der Waals surface area contributed by atoms with Crippen LogP contribution in [0.2, 0.25) is 10.0 Å². The molecule has 4 rings (SSSR count). The molecule has 35 heavy (non-hydrogen) atoms. The van der Waals surface area contributed by atoms with Crippen molar-refractivity contribution in [2.75, 3.05) is 0 Å². The van der Waals surface area contributed by atoms with Gasteiger partial charge in [0.05, 0.1) is 16.8 Å². The second-order valence-corrected chi connectivity index (χ2v) is 12.1. The Morgan fingerprint density at radius 3 is 2.37 bits per heavy atom. The largest absolute Gasteiger partial charge is 0.471 e. The molecule has 2 aromatic carbocycles. The number of rotatable bonds is 3. The van der Waals surface area contributed by atoms with Crippen molar-refractivity contribution in [3.8, 4) is 28.3 Å². The zero-order valence-corrected chi connectivity index (χ0v) is 23.3. The van der Waals surface area contributed by atoms with Crippen LogP contribution < -0.4 is 4.74 Å². The van der Waals surface area contributed by atoms with Gasteiger partial charge in [0.1, 0.15) is 5.60 Å². The summed E-state index contributed by atoms with van der Waals surface area (Å²) in [6.07, 6.45) is -0.499. The van der Waals surface area contributed by atoms with E-state index in [0.717, 1.165) is 26.7 Å². The van der Waals surface area contributed by atoms with Crippen LogP contribution in [0.4, 0.5) is 4.79 Å². The number of benzene rings is 2. The third-order valence-corrected chi connectivity index (χ3v) is 7.09. The van der Waals surface area contributed by atoms with Gasteiger partial charge >= 0.3 is 6.09 Å². The predicted molar refractivity (Wildman–Crippen MR) is 145 cm³/mol. The standard InChI is InChI=1S/C27H27BrCl2N2O3/c1-26(2,3)32(25(33)34)22-14-27(4,5)35-24-20(22)13-18(15-6-9-17(29)10-7-15)23(31-24)19-12-16(28)8-11-21(19)30/h6-13,22H,14H2,1-5H3,(H,33,34). The van der Waals surface area contributed by atoms with Gasteiger partial charge < -0.3 is 9.84 Å². The molecule has 1 atom stereocenters. The molecule has 8 heteroatoms. The summed E-state index contributed by atoms with van der Waals surface area (Å²) in [5.41, 5.74) is 2.55. The van der Waals surface area contributed by atoms with Crippen LogP contribution >= 0.6 is 39.1 Å². The van der Waals surface area contributed by atoms with Gasteiger partial charge in [-0.25, -0.2) is 9.78 Å². The highest BCUT2D eigenvalue weighted by molar-refractivity contribution is 9.10. The molecule has 1 aliphatic heterocycles. The summed E-state index contributed by atoms with van der Waals surface area (Å²) in [6.45, 7) is 9.59. The highest BCUT2D eigenvalue weighted by Crippen LogP contribution is 2.48. The van der Waals surface area contributed by atoms with E-state index in [-0.39, 0.29) is 0 Å². The molecule has 0 saturated heterocycles. The van der Waals surface area contributed by atoms with Crippen molar-refractivity contribution in [1.82, 2.24) is 9.88 Å². The quantitative estimate of drug-likeness (QED) is 0.337. The number of ether oxygens (including phenoxy) is 1. The minimum atomic E-state index is -0.988. The van der Waals surface area contributed by atoms with Crippen molar-refractivity contribution >= 4 is 45.2 Å². The Labute approximate surface area is 224 Å². The number of pyridine rings is 1. The van der Waals surface area contributed by atoms with E-state index in [1.807, 2.05) is 83.1 Å². The molecule has 1 unspecified atom stereocenters. The fourth-order valence-corrected chi connectivity index (χ4v) is 5.26. The molecule has 0 spiro atoms. The number of aromatic nitrogens is 1. The van der Waals surface area contributed by atoms with Crippen LogP contribution in [0.5, 0.6) is 5.88 Å². The van der Waals surface area contributed by atoms with Gasteiger partial charge in [0.25, 0.3) is 0 Å². The molecule has 0 aliphatic carbocycles. The van der Waals surface area contributed by atoms with Crippen molar-refractivity contribution in [1.29, 1.82) is 0 Å². The summed E-state index contributed by atoms with van der Waals surface area (Å²) < 4.78 is 7.19. The van der Waals surface area contributed by atoms with Crippen LogP contribution in [0.25, 0.3) is 22.4 Å². The fraction of sp³-hybridized carbons (Fsp3) is 0.333. The highest BCUT2D eigenvalue weighted by Gasteiger charge is 2.44. The molecular weight excluding hydrogens is 551 g/mol. The molecule has 1 N–H and O–H groups in total. The van der Waals surface area contributed by atoms with Crippen molar-refractivity contribution in [2.45, 2.75) is 58.2 Å². The average Bonchev–Trinajstić information content (AvgIpc) is 2.73. The Kier molecular flexibility index (Phi) is 6.86. The molecule has 1 aliphatic rings. The maximum Gasteiger partial charge on any atom is 0.408 e. The van der Waals surface area contributed by atoms with E-state index in [9.17, 15) is 9.90 Å². The van der Waals surface area contributed by atoms with E-state index in [0.29, 0.717) is 28.0 Å². The second kappa shape index (κ2) is 9.30. The molecule has 1 aromatic heterocycles. The number of carbonyl (C=O) groups is 1. The number of fused-ring (bicyclic) bond motifs is 1. The van der Waals surface area contributed by atoms with Crippen molar-refractivity contribution in [3.63, 3.8) is 0 Å². The first-order valence-electron chi connectivity index (χ1n) is 11.2. The van der Waals surface area contributed by atoms with E-state index in [4.69, 9.17) is 32.9 Å². The van der Waals surface area contributed by atoms with Gasteiger partial charge in [-0.3, -0.25) is 4.90 Å². The van der Waals surface area contributed by atoms with Crippen LogP contribution in [0.3, 0.4) is 0 Å². The minimum absolute atomic E-state index is 0.408. The van der Waals surface area contributed by atoms with Gasteiger partial charge in [-0.2, -0.15) is 0 Å². The molecule has 0 saturated carbocycles. The molecule has 0 fully saturated rings. The van der Waals surface area contributed by atoms with Crippen molar-refractivity contribution < 1.29 is 14.6 Å². The monoisotopic (exact) mass is 576 g/mol. The minimum Gasteiger partial charge on any atom is -0.471 e. The summed E-state index contributed by atoms with van der Waals surface area (Å²) >= 11 is 16.3. The molecule has 184 valence electrons. The van der Waals surface area contributed by atoms with E-state index in [1.165, 1.54) is 4.90 Å². The van der Waals surface area contributed by atoms with Gasteiger partial charge in [-0.1, -0.05) is 51.3 Å². The van der Waals surface area contributed by atoms with E-state index < -0.39 is 23.3 Å². The Balaban J connectivity index is 2.03. The number of amides is 1. The fourth-order valence-electron chi connectivity index (χ4n) is 4.56. The number of carboxylic acid groups (broad SMARTS) is 1. The van der Waals surface area contributed by atoms with Crippen molar-refractivity contribution in [2.24, 2.45) is 0 Å². The lowest BCUT2D eigenvalue weighted by atomic mass is 9.86. The number of hydrogen-bond acceptors (Lipinski definition) is 3. The molecular formula is C27H27BrCl2N2O3.